The van der Waals surface area contributed by atoms with E-state index in [1.54, 1.807) is 36.4 Å². The summed E-state index contributed by atoms with van der Waals surface area (Å²) in [6.45, 7) is 5.96. The van der Waals surface area contributed by atoms with Crippen LogP contribution in [0.1, 0.15) is 46.2 Å². The fraction of sp³-hybridized carbons (Fsp3) is 0.238. The van der Waals surface area contributed by atoms with Gasteiger partial charge in [0.05, 0.1) is 0 Å². The monoisotopic (exact) mass is 335 g/mol. The first-order valence-corrected chi connectivity index (χ1v) is 8.49. The Balaban J connectivity index is 1.90. The minimum atomic E-state index is -1.12. The quantitative estimate of drug-likeness (QED) is 0.907. The van der Waals surface area contributed by atoms with Crippen molar-refractivity contribution in [2.24, 2.45) is 0 Å². The zero-order chi connectivity index (χ0) is 18.0. The van der Waals surface area contributed by atoms with Gasteiger partial charge in [-0.3, -0.25) is 9.59 Å². The predicted octanol–water partition coefficient (Wildman–Crippen LogP) is 3.57. The molecule has 25 heavy (non-hydrogen) atoms. The van der Waals surface area contributed by atoms with Crippen molar-refractivity contribution in [3.8, 4) is 0 Å². The van der Waals surface area contributed by atoms with E-state index in [9.17, 15) is 14.7 Å². The summed E-state index contributed by atoms with van der Waals surface area (Å²) >= 11 is 0. The van der Waals surface area contributed by atoms with E-state index in [1.165, 1.54) is 6.08 Å². The third kappa shape index (κ3) is 3.13. The molecular formula is C21H21NO3. The first kappa shape index (κ1) is 17.1. The van der Waals surface area contributed by atoms with Crippen LogP contribution in [0, 0.1) is 0 Å². The van der Waals surface area contributed by atoms with Gasteiger partial charge in [-0.25, -0.2) is 0 Å². The Bertz CT molecular complexity index is 832. The van der Waals surface area contributed by atoms with Crippen molar-refractivity contribution in [3.63, 3.8) is 0 Å². The number of ketones is 2. The van der Waals surface area contributed by atoms with Crippen molar-refractivity contribution in [3.05, 3.63) is 76.9 Å². The highest BCUT2D eigenvalue weighted by Crippen LogP contribution is 2.31. The number of carbonyl (C=O) groups is 2. The number of benzene rings is 2. The third-order valence-corrected chi connectivity index (χ3v) is 4.62. The number of aliphatic hydroxyl groups is 1. The lowest BCUT2D eigenvalue weighted by atomic mass is 9.85. The smallest absolute Gasteiger partial charge is 0.192 e. The van der Waals surface area contributed by atoms with Crippen LogP contribution in [0.2, 0.25) is 0 Å². The van der Waals surface area contributed by atoms with Crippen molar-refractivity contribution in [2.75, 3.05) is 18.0 Å². The number of fused-ring (bicyclic) bond motifs is 1. The van der Waals surface area contributed by atoms with Crippen LogP contribution >= 0.6 is 0 Å². The first-order chi connectivity index (χ1) is 12.1. The molecule has 128 valence electrons. The lowest BCUT2D eigenvalue weighted by molar-refractivity contribution is 0.0947. The molecule has 2 aromatic carbocycles. The summed E-state index contributed by atoms with van der Waals surface area (Å²) in [4.78, 5) is 27.1. The molecule has 0 unspecified atom stereocenters. The van der Waals surface area contributed by atoms with Crippen molar-refractivity contribution < 1.29 is 14.7 Å². The van der Waals surface area contributed by atoms with Gasteiger partial charge in [0.1, 0.15) is 6.10 Å². The van der Waals surface area contributed by atoms with E-state index in [4.69, 9.17) is 0 Å². The maximum absolute atomic E-state index is 12.7. The number of hydrogen-bond acceptors (Lipinski definition) is 4. The molecule has 0 aliphatic heterocycles. The number of hydrogen-bond donors (Lipinski definition) is 1. The van der Waals surface area contributed by atoms with E-state index in [0.717, 1.165) is 18.8 Å². The molecule has 4 heteroatoms. The largest absolute Gasteiger partial charge is 0.384 e. The second kappa shape index (κ2) is 7.03. The molecule has 4 nitrogen and oxygen atoms in total. The zero-order valence-corrected chi connectivity index (χ0v) is 14.4. The third-order valence-electron chi connectivity index (χ3n) is 4.62. The summed E-state index contributed by atoms with van der Waals surface area (Å²) in [5.41, 5.74) is 2.53. The highest BCUT2D eigenvalue weighted by molar-refractivity contribution is 6.24. The van der Waals surface area contributed by atoms with Crippen LogP contribution in [-0.4, -0.2) is 29.8 Å². The fourth-order valence-electron chi connectivity index (χ4n) is 3.17. The van der Waals surface area contributed by atoms with Gasteiger partial charge in [0.25, 0.3) is 0 Å². The molecule has 0 fully saturated rings. The summed E-state index contributed by atoms with van der Waals surface area (Å²) in [5, 5.41) is 10.6. The van der Waals surface area contributed by atoms with E-state index >= 15 is 0 Å². The minimum Gasteiger partial charge on any atom is -0.384 e. The molecule has 0 spiro atoms. The van der Waals surface area contributed by atoms with Crippen molar-refractivity contribution in [2.45, 2.75) is 20.0 Å². The normalized spacial score (nSPS) is 14.8. The molecule has 1 N–H and O–H groups in total. The first-order valence-electron chi connectivity index (χ1n) is 8.49. The maximum atomic E-state index is 12.7. The van der Waals surface area contributed by atoms with E-state index in [-0.39, 0.29) is 17.1 Å². The Labute approximate surface area is 147 Å². The Morgan fingerprint density at radius 3 is 2.12 bits per heavy atom. The Kier molecular flexibility index (Phi) is 4.81. The van der Waals surface area contributed by atoms with Gasteiger partial charge in [0.2, 0.25) is 0 Å². The number of aliphatic hydroxyl groups excluding tert-OH is 1. The fourth-order valence-corrected chi connectivity index (χ4v) is 3.17. The van der Waals surface area contributed by atoms with Crippen LogP contribution in [0.25, 0.3) is 0 Å². The molecule has 1 aliphatic rings. The average molecular weight is 335 g/mol. The molecule has 1 aliphatic carbocycles. The molecule has 0 saturated heterocycles. The van der Waals surface area contributed by atoms with Crippen molar-refractivity contribution in [1.29, 1.82) is 0 Å². The van der Waals surface area contributed by atoms with Gasteiger partial charge in [0, 0.05) is 35.5 Å². The van der Waals surface area contributed by atoms with Crippen LogP contribution in [0.3, 0.4) is 0 Å². The minimum absolute atomic E-state index is 0.124. The molecule has 0 amide bonds. The molecule has 2 aromatic rings. The highest BCUT2D eigenvalue weighted by Gasteiger charge is 2.29. The molecule has 0 heterocycles. The lowest BCUT2D eigenvalue weighted by Crippen LogP contribution is -2.22. The number of carbonyl (C=O) groups excluding carboxylic acids is 2. The number of Topliss-reactive ketones (excluding diaryl/α,β-unsaturated/α-hetero) is 1. The second-order valence-electron chi connectivity index (χ2n) is 6.00. The average Bonchev–Trinajstić information content (AvgIpc) is 2.66. The molecule has 0 saturated carbocycles. The SMILES string of the molecule is CCN(CC)c1ccc([C@H](O)C2=CC(=O)c3ccccc3C2=O)cc1. The predicted molar refractivity (Wildman–Crippen MR) is 98.1 cm³/mol. The molecule has 3 rings (SSSR count). The van der Waals surface area contributed by atoms with Crippen molar-refractivity contribution in [1.82, 2.24) is 0 Å². The molecule has 0 bridgehead atoms. The van der Waals surface area contributed by atoms with Gasteiger partial charge in [-0.05, 0) is 37.6 Å². The summed E-state index contributed by atoms with van der Waals surface area (Å²) in [6, 6.07) is 14.2. The lowest BCUT2D eigenvalue weighted by Gasteiger charge is -2.23. The molecular weight excluding hydrogens is 314 g/mol. The molecule has 0 radical (unpaired) electrons. The molecule has 1 atom stereocenters. The van der Waals surface area contributed by atoms with Crippen LogP contribution in [0.5, 0.6) is 0 Å². The topological polar surface area (TPSA) is 57.6 Å². The zero-order valence-electron chi connectivity index (χ0n) is 14.4. The van der Waals surface area contributed by atoms with Gasteiger partial charge in [0.15, 0.2) is 11.6 Å². The standard InChI is InChI=1S/C21H21NO3/c1-3-22(4-2)15-11-9-14(10-12-15)20(24)18-13-19(23)16-7-5-6-8-17(16)21(18)25/h5-13,20,24H,3-4H2,1-2H3/t20-/m0/s1. The summed E-state index contributed by atoms with van der Waals surface area (Å²) < 4.78 is 0. The number of anilines is 1. The summed E-state index contributed by atoms with van der Waals surface area (Å²) in [5.74, 6) is -0.542. The van der Waals surface area contributed by atoms with Gasteiger partial charge in [-0.1, -0.05) is 36.4 Å². The van der Waals surface area contributed by atoms with E-state index < -0.39 is 6.10 Å². The van der Waals surface area contributed by atoms with Crippen LogP contribution in [0.15, 0.2) is 60.2 Å². The number of allylic oxidation sites excluding steroid dienone is 1. The Morgan fingerprint density at radius 2 is 1.52 bits per heavy atom. The highest BCUT2D eigenvalue weighted by atomic mass is 16.3. The van der Waals surface area contributed by atoms with Crippen LogP contribution in [-0.2, 0) is 0 Å². The van der Waals surface area contributed by atoms with Crippen LogP contribution in [0.4, 0.5) is 5.69 Å². The second-order valence-corrected chi connectivity index (χ2v) is 6.00. The molecule has 0 aromatic heterocycles. The Hall–Kier alpha value is -2.72. The van der Waals surface area contributed by atoms with Gasteiger partial charge in [-0.15, -0.1) is 0 Å². The Morgan fingerprint density at radius 1 is 0.920 bits per heavy atom. The van der Waals surface area contributed by atoms with Gasteiger partial charge < -0.3 is 10.0 Å². The van der Waals surface area contributed by atoms with E-state index in [0.29, 0.717) is 16.7 Å². The van der Waals surface area contributed by atoms with E-state index in [2.05, 4.69) is 18.7 Å². The summed E-state index contributed by atoms with van der Waals surface area (Å²) in [7, 11) is 0. The summed E-state index contributed by atoms with van der Waals surface area (Å²) in [6.07, 6.45) is 0.142. The van der Waals surface area contributed by atoms with E-state index in [1.807, 2.05) is 12.1 Å². The van der Waals surface area contributed by atoms with Gasteiger partial charge >= 0.3 is 0 Å². The van der Waals surface area contributed by atoms with Gasteiger partial charge in [-0.2, -0.15) is 0 Å². The maximum Gasteiger partial charge on any atom is 0.192 e. The van der Waals surface area contributed by atoms with Crippen LogP contribution < -0.4 is 4.90 Å². The van der Waals surface area contributed by atoms with Crippen molar-refractivity contribution >= 4 is 17.3 Å². The number of nitrogens with zero attached hydrogens (tertiary/aromatic N) is 1. The number of rotatable bonds is 5.